The van der Waals surface area contributed by atoms with E-state index in [0.717, 1.165) is 32.4 Å². The summed E-state index contributed by atoms with van der Waals surface area (Å²) in [5.41, 5.74) is 0.790. The molecule has 20 heavy (non-hydrogen) atoms. The molecule has 1 unspecified atom stereocenters. The number of rotatable bonds is 3. The number of nitro benzene ring substituents is 1. The molecule has 0 saturated carbocycles. The summed E-state index contributed by atoms with van der Waals surface area (Å²) in [6.07, 6.45) is 2.85. The van der Waals surface area contributed by atoms with Gasteiger partial charge in [-0.15, -0.1) is 0 Å². The van der Waals surface area contributed by atoms with Crippen molar-refractivity contribution in [3.63, 3.8) is 0 Å². The summed E-state index contributed by atoms with van der Waals surface area (Å²) in [5.74, 6) is -0.224. The Kier molecular flexibility index (Phi) is 4.68. The second-order valence-electron chi connectivity index (χ2n) is 5.06. The van der Waals surface area contributed by atoms with E-state index in [1.165, 1.54) is 6.07 Å². The van der Waals surface area contributed by atoms with Crippen molar-refractivity contribution in [3.8, 4) is 0 Å². The van der Waals surface area contributed by atoms with Crippen molar-refractivity contribution in [1.82, 2.24) is 10.6 Å². The SMILES string of the molecule is Cc1c(C(=O)NC2CCCNCC2)cccc1[N+](=O)[O-]. The number of hydrogen-bond acceptors (Lipinski definition) is 4. The maximum absolute atomic E-state index is 12.3. The minimum atomic E-state index is -0.457. The van der Waals surface area contributed by atoms with Crippen LogP contribution >= 0.6 is 0 Å². The van der Waals surface area contributed by atoms with Gasteiger partial charge < -0.3 is 10.6 Å². The van der Waals surface area contributed by atoms with E-state index in [-0.39, 0.29) is 17.6 Å². The zero-order valence-corrected chi connectivity index (χ0v) is 11.5. The lowest BCUT2D eigenvalue weighted by Gasteiger charge is -2.16. The molecule has 0 bridgehead atoms. The van der Waals surface area contributed by atoms with Crippen molar-refractivity contribution in [1.29, 1.82) is 0 Å². The van der Waals surface area contributed by atoms with Crippen molar-refractivity contribution in [2.75, 3.05) is 13.1 Å². The van der Waals surface area contributed by atoms with E-state index in [0.29, 0.717) is 11.1 Å². The molecular formula is C14H19N3O3. The highest BCUT2D eigenvalue weighted by Gasteiger charge is 2.20. The summed E-state index contributed by atoms with van der Waals surface area (Å²) in [7, 11) is 0. The van der Waals surface area contributed by atoms with E-state index in [2.05, 4.69) is 10.6 Å². The molecule has 6 heteroatoms. The van der Waals surface area contributed by atoms with E-state index >= 15 is 0 Å². The summed E-state index contributed by atoms with van der Waals surface area (Å²) in [6.45, 7) is 3.47. The number of benzene rings is 1. The van der Waals surface area contributed by atoms with Crippen molar-refractivity contribution in [2.24, 2.45) is 0 Å². The minimum Gasteiger partial charge on any atom is -0.349 e. The lowest BCUT2D eigenvalue weighted by Crippen LogP contribution is -2.35. The first-order valence-electron chi connectivity index (χ1n) is 6.85. The molecule has 2 rings (SSSR count). The van der Waals surface area contributed by atoms with Crippen LogP contribution in [-0.2, 0) is 0 Å². The summed E-state index contributed by atoms with van der Waals surface area (Å²) >= 11 is 0. The van der Waals surface area contributed by atoms with Gasteiger partial charge in [-0.25, -0.2) is 0 Å². The van der Waals surface area contributed by atoms with Gasteiger partial charge >= 0.3 is 0 Å². The highest BCUT2D eigenvalue weighted by molar-refractivity contribution is 5.96. The molecular weight excluding hydrogens is 258 g/mol. The first kappa shape index (κ1) is 14.5. The number of carbonyl (C=O) groups is 1. The van der Waals surface area contributed by atoms with E-state index in [9.17, 15) is 14.9 Å². The van der Waals surface area contributed by atoms with E-state index < -0.39 is 4.92 Å². The Morgan fingerprint density at radius 2 is 2.20 bits per heavy atom. The molecule has 1 aromatic rings. The Labute approximate surface area is 117 Å². The number of nitrogens with one attached hydrogen (secondary N) is 2. The van der Waals surface area contributed by atoms with Crippen LogP contribution in [0.1, 0.15) is 35.2 Å². The first-order chi connectivity index (χ1) is 9.59. The number of hydrogen-bond donors (Lipinski definition) is 2. The largest absolute Gasteiger partial charge is 0.349 e. The Morgan fingerprint density at radius 3 is 2.95 bits per heavy atom. The molecule has 6 nitrogen and oxygen atoms in total. The van der Waals surface area contributed by atoms with Crippen LogP contribution in [0.5, 0.6) is 0 Å². The standard InChI is InChI=1S/C14H19N3O3/c1-10-12(5-2-6-13(10)17(19)20)14(18)16-11-4-3-8-15-9-7-11/h2,5-6,11,15H,3-4,7-9H2,1H3,(H,16,18). The maximum atomic E-state index is 12.3. The van der Waals surface area contributed by atoms with Gasteiger partial charge in [0.05, 0.1) is 4.92 Å². The Balaban J connectivity index is 2.12. The van der Waals surface area contributed by atoms with Gasteiger partial charge in [0.25, 0.3) is 11.6 Å². The zero-order chi connectivity index (χ0) is 14.5. The molecule has 1 aliphatic rings. The van der Waals surface area contributed by atoms with Crippen LogP contribution in [-0.4, -0.2) is 30.0 Å². The average molecular weight is 277 g/mol. The van der Waals surface area contributed by atoms with Crippen LogP contribution in [0.15, 0.2) is 18.2 Å². The van der Waals surface area contributed by atoms with Crippen LogP contribution in [0, 0.1) is 17.0 Å². The lowest BCUT2D eigenvalue weighted by molar-refractivity contribution is -0.385. The molecule has 108 valence electrons. The molecule has 0 radical (unpaired) electrons. The molecule has 1 aliphatic heterocycles. The summed E-state index contributed by atoms with van der Waals surface area (Å²) in [6, 6.07) is 4.74. The quantitative estimate of drug-likeness (QED) is 0.651. The van der Waals surface area contributed by atoms with Crippen molar-refractivity contribution < 1.29 is 9.72 Å². The van der Waals surface area contributed by atoms with Crippen LogP contribution < -0.4 is 10.6 Å². The Hall–Kier alpha value is -1.95. The third kappa shape index (κ3) is 3.33. The minimum absolute atomic E-state index is 0.0137. The smallest absolute Gasteiger partial charge is 0.273 e. The Bertz CT molecular complexity index is 508. The second kappa shape index (κ2) is 6.47. The summed E-state index contributed by atoms with van der Waals surface area (Å²) in [4.78, 5) is 22.7. The van der Waals surface area contributed by atoms with Gasteiger partial charge in [0, 0.05) is 23.2 Å². The number of nitro groups is 1. The third-order valence-electron chi connectivity index (χ3n) is 3.66. The van der Waals surface area contributed by atoms with Gasteiger partial charge in [0.2, 0.25) is 0 Å². The van der Waals surface area contributed by atoms with Gasteiger partial charge in [-0.2, -0.15) is 0 Å². The fraction of sp³-hybridized carbons (Fsp3) is 0.500. The molecule has 0 spiro atoms. The molecule has 1 fully saturated rings. The van der Waals surface area contributed by atoms with Crippen LogP contribution in [0.3, 0.4) is 0 Å². The van der Waals surface area contributed by atoms with Gasteiger partial charge in [-0.3, -0.25) is 14.9 Å². The highest BCUT2D eigenvalue weighted by Crippen LogP contribution is 2.21. The van der Waals surface area contributed by atoms with E-state index in [1.54, 1.807) is 19.1 Å². The molecule has 1 heterocycles. The average Bonchev–Trinajstić information content (AvgIpc) is 2.67. The fourth-order valence-electron chi connectivity index (χ4n) is 2.49. The maximum Gasteiger partial charge on any atom is 0.273 e. The van der Waals surface area contributed by atoms with Crippen molar-refractivity contribution in [3.05, 3.63) is 39.4 Å². The normalized spacial score (nSPS) is 19.1. The monoisotopic (exact) mass is 277 g/mol. The first-order valence-corrected chi connectivity index (χ1v) is 6.85. The predicted octanol–water partition coefficient (Wildman–Crippen LogP) is 1.78. The van der Waals surface area contributed by atoms with E-state index in [4.69, 9.17) is 0 Å². The molecule has 1 aromatic carbocycles. The Morgan fingerprint density at radius 1 is 1.40 bits per heavy atom. The molecule has 1 amide bonds. The van der Waals surface area contributed by atoms with E-state index in [1.807, 2.05) is 0 Å². The molecule has 1 atom stereocenters. The van der Waals surface area contributed by atoms with Crippen LogP contribution in [0.25, 0.3) is 0 Å². The van der Waals surface area contributed by atoms with Crippen molar-refractivity contribution in [2.45, 2.75) is 32.2 Å². The molecule has 2 N–H and O–H groups in total. The van der Waals surface area contributed by atoms with Gasteiger partial charge in [-0.1, -0.05) is 6.07 Å². The van der Waals surface area contributed by atoms with Crippen LogP contribution in [0.2, 0.25) is 0 Å². The lowest BCUT2D eigenvalue weighted by atomic mass is 10.0. The topological polar surface area (TPSA) is 84.3 Å². The molecule has 0 aromatic heterocycles. The van der Waals surface area contributed by atoms with Crippen molar-refractivity contribution >= 4 is 11.6 Å². The van der Waals surface area contributed by atoms with Crippen LogP contribution in [0.4, 0.5) is 5.69 Å². The second-order valence-corrected chi connectivity index (χ2v) is 5.06. The molecule has 0 aliphatic carbocycles. The number of nitrogens with zero attached hydrogens (tertiary/aromatic N) is 1. The van der Waals surface area contributed by atoms with Gasteiger partial charge in [-0.05, 0) is 45.3 Å². The third-order valence-corrected chi connectivity index (χ3v) is 3.66. The fourth-order valence-corrected chi connectivity index (χ4v) is 2.49. The number of carbonyl (C=O) groups excluding carboxylic acids is 1. The number of amides is 1. The highest BCUT2D eigenvalue weighted by atomic mass is 16.6. The van der Waals surface area contributed by atoms with Gasteiger partial charge in [0.15, 0.2) is 0 Å². The summed E-state index contributed by atoms with van der Waals surface area (Å²) < 4.78 is 0. The zero-order valence-electron chi connectivity index (χ0n) is 11.5. The predicted molar refractivity (Wildman–Crippen MR) is 75.8 cm³/mol. The molecule has 1 saturated heterocycles. The summed E-state index contributed by atoms with van der Waals surface area (Å²) in [5, 5.41) is 17.2. The van der Waals surface area contributed by atoms with Gasteiger partial charge in [0.1, 0.15) is 0 Å².